The number of hydrazine groups is 1. The zero-order valence-electron chi connectivity index (χ0n) is 16.1. The van der Waals surface area contributed by atoms with Gasteiger partial charge < -0.3 is 4.74 Å². The van der Waals surface area contributed by atoms with Crippen molar-refractivity contribution < 1.29 is 9.53 Å². The number of methoxy groups -OCH3 is 1. The fourth-order valence-corrected chi connectivity index (χ4v) is 3.06. The zero-order valence-corrected chi connectivity index (χ0v) is 16.1. The van der Waals surface area contributed by atoms with Crippen molar-refractivity contribution in [3.8, 4) is 5.75 Å². The fourth-order valence-electron chi connectivity index (χ4n) is 3.06. The highest BCUT2D eigenvalue weighted by Gasteiger charge is 2.26. The lowest BCUT2D eigenvalue weighted by molar-refractivity contribution is -0.130. The molecule has 3 aromatic carbocycles. The minimum atomic E-state index is -0.177. The van der Waals surface area contributed by atoms with Crippen molar-refractivity contribution >= 4 is 17.8 Å². The summed E-state index contributed by atoms with van der Waals surface area (Å²) in [5.41, 5.74) is 6.38. The third kappa shape index (κ3) is 4.35. The number of carbonyl (C=O) groups is 1. The third-order valence-corrected chi connectivity index (χ3v) is 4.59. The van der Waals surface area contributed by atoms with E-state index in [0.29, 0.717) is 18.1 Å². The Labute approximate surface area is 169 Å². The van der Waals surface area contributed by atoms with E-state index in [9.17, 15) is 4.79 Å². The Morgan fingerprint density at radius 1 is 0.931 bits per heavy atom. The standard InChI is InChI=1S/C24H21N3O2/c1-29-21-14-12-18(13-15-21)16-22-24(28)27(17-19-8-4-2-5-9-19)26-23(25-22)20-10-6-3-7-11-20/h2-16H,17H2,1H3,(H,25,26). The van der Waals surface area contributed by atoms with Gasteiger partial charge in [-0.05, 0) is 29.3 Å². The molecule has 5 heteroatoms. The number of ether oxygens (including phenoxy) is 1. The quantitative estimate of drug-likeness (QED) is 0.677. The van der Waals surface area contributed by atoms with Crippen LogP contribution >= 0.6 is 0 Å². The van der Waals surface area contributed by atoms with Crippen molar-refractivity contribution in [3.63, 3.8) is 0 Å². The maximum atomic E-state index is 13.1. The Morgan fingerprint density at radius 3 is 2.24 bits per heavy atom. The number of amides is 1. The number of nitrogens with zero attached hydrogens (tertiary/aromatic N) is 2. The second-order valence-electron chi connectivity index (χ2n) is 6.62. The molecule has 3 aromatic rings. The Kier molecular flexibility index (Phi) is 5.38. The molecule has 0 unspecified atom stereocenters. The van der Waals surface area contributed by atoms with Crippen LogP contribution in [0.25, 0.3) is 6.08 Å². The second-order valence-corrected chi connectivity index (χ2v) is 6.62. The van der Waals surface area contributed by atoms with E-state index < -0.39 is 0 Å². The number of rotatable bonds is 5. The van der Waals surface area contributed by atoms with Gasteiger partial charge in [0.2, 0.25) is 0 Å². The van der Waals surface area contributed by atoms with Crippen LogP contribution in [0.2, 0.25) is 0 Å². The second kappa shape index (κ2) is 8.44. The molecule has 0 fully saturated rings. The molecule has 0 spiro atoms. The summed E-state index contributed by atoms with van der Waals surface area (Å²) < 4.78 is 5.21. The summed E-state index contributed by atoms with van der Waals surface area (Å²) >= 11 is 0. The largest absolute Gasteiger partial charge is 0.497 e. The number of hydrogen-bond acceptors (Lipinski definition) is 4. The van der Waals surface area contributed by atoms with Crippen molar-refractivity contribution in [3.05, 3.63) is 107 Å². The lowest BCUT2D eigenvalue weighted by Crippen LogP contribution is -2.49. The summed E-state index contributed by atoms with van der Waals surface area (Å²) in [5, 5.41) is 1.60. The van der Waals surface area contributed by atoms with E-state index in [-0.39, 0.29) is 5.91 Å². The van der Waals surface area contributed by atoms with Crippen LogP contribution in [0.3, 0.4) is 0 Å². The summed E-state index contributed by atoms with van der Waals surface area (Å²) in [6.07, 6.45) is 1.80. The van der Waals surface area contributed by atoms with Crippen molar-refractivity contribution in [2.45, 2.75) is 6.54 Å². The summed E-state index contributed by atoms with van der Waals surface area (Å²) in [4.78, 5) is 17.7. The molecule has 1 heterocycles. The molecule has 1 aliphatic heterocycles. The Hall–Kier alpha value is -3.86. The molecule has 5 nitrogen and oxygen atoms in total. The first-order valence-corrected chi connectivity index (χ1v) is 9.35. The van der Waals surface area contributed by atoms with Crippen molar-refractivity contribution in [1.82, 2.24) is 10.4 Å². The Bertz CT molecular complexity index is 1040. The molecule has 144 valence electrons. The topological polar surface area (TPSA) is 53.9 Å². The van der Waals surface area contributed by atoms with Crippen molar-refractivity contribution in [2.24, 2.45) is 4.99 Å². The average Bonchev–Trinajstić information content (AvgIpc) is 2.78. The van der Waals surface area contributed by atoms with E-state index in [1.54, 1.807) is 18.2 Å². The monoisotopic (exact) mass is 383 g/mol. The Balaban J connectivity index is 1.70. The highest BCUT2D eigenvalue weighted by Crippen LogP contribution is 2.19. The smallest absolute Gasteiger partial charge is 0.291 e. The maximum Gasteiger partial charge on any atom is 0.291 e. The molecule has 0 aromatic heterocycles. The molecule has 0 radical (unpaired) electrons. The lowest BCUT2D eigenvalue weighted by atomic mass is 10.1. The Morgan fingerprint density at radius 2 is 1.59 bits per heavy atom. The normalized spacial score (nSPS) is 15.1. The van der Waals surface area contributed by atoms with E-state index in [1.165, 1.54) is 0 Å². The van der Waals surface area contributed by atoms with Gasteiger partial charge in [-0.25, -0.2) is 10.0 Å². The minimum Gasteiger partial charge on any atom is -0.497 e. The predicted molar refractivity (Wildman–Crippen MR) is 114 cm³/mol. The zero-order chi connectivity index (χ0) is 20.1. The first-order chi connectivity index (χ1) is 14.2. The number of hydrogen-bond donors (Lipinski definition) is 1. The maximum absolute atomic E-state index is 13.1. The van der Waals surface area contributed by atoms with Crippen LogP contribution in [0, 0.1) is 0 Å². The number of carbonyl (C=O) groups excluding carboxylic acids is 1. The number of benzene rings is 3. The van der Waals surface area contributed by atoms with Gasteiger partial charge in [-0.2, -0.15) is 0 Å². The van der Waals surface area contributed by atoms with Gasteiger partial charge in [0.15, 0.2) is 5.84 Å². The molecule has 1 amide bonds. The molecule has 0 saturated heterocycles. The average molecular weight is 383 g/mol. The van der Waals surface area contributed by atoms with Crippen LogP contribution in [-0.4, -0.2) is 23.9 Å². The number of amidine groups is 1. The number of aliphatic imine (C=N–C) groups is 1. The van der Waals surface area contributed by atoms with E-state index in [4.69, 9.17) is 4.74 Å². The summed E-state index contributed by atoms with van der Waals surface area (Å²) in [7, 11) is 1.63. The molecule has 0 aliphatic carbocycles. The van der Waals surface area contributed by atoms with Crippen LogP contribution < -0.4 is 10.2 Å². The number of nitrogens with one attached hydrogen (secondary N) is 1. The fraction of sp³-hybridized carbons (Fsp3) is 0.0833. The molecule has 0 bridgehead atoms. The van der Waals surface area contributed by atoms with Crippen LogP contribution in [0.4, 0.5) is 0 Å². The molecule has 4 rings (SSSR count). The minimum absolute atomic E-state index is 0.177. The first-order valence-electron chi connectivity index (χ1n) is 9.35. The van der Waals surface area contributed by atoms with Crippen LogP contribution in [0.1, 0.15) is 16.7 Å². The predicted octanol–water partition coefficient (Wildman–Crippen LogP) is 4.03. The van der Waals surface area contributed by atoms with Gasteiger partial charge in [-0.1, -0.05) is 72.8 Å². The van der Waals surface area contributed by atoms with E-state index >= 15 is 0 Å². The van der Waals surface area contributed by atoms with Gasteiger partial charge in [0, 0.05) is 5.56 Å². The molecule has 29 heavy (non-hydrogen) atoms. The lowest BCUT2D eigenvalue weighted by Gasteiger charge is -2.29. The van der Waals surface area contributed by atoms with Crippen LogP contribution in [0.15, 0.2) is 95.6 Å². The summed E-state index contributed by atoms with van der Waals surface area (Å²) in [6.45, 7) is 0.436. The molecule has 1 N–H and O–H groups in total. The molecular weight excluding hydrogens is 362 g/mol. The highest BCUT2D eigenvalue weighted by molar-refractivity contribution is 6.09. The molecule has 0 atom stereocenters. The van der Waals surface area contributed by atoms with Gasteiger partial charge in [-0.15, -0.1) is 0 Å². The van der Waals surface area contributed by atoms with Crippen LogP contribution in [-0.2, 0) is 11.3 Å². The van der Waals surface area contributed by atoms with E-state index in [0.717, 1.165) is 22.4 Å². The third-order valence-electron chi connectivity index (χ3n) is 4.59. The van der Waals surface area contributed by atoms with Crippen molar-refractivity contribution in [2.75, 3.05) is 7.11 Å². The van der Waals surface area contributed by atoms with Crippen LogP contribution in [0.5, 0.6) is 5.75 Å². The molecular formula is C24H21N3O2. The van der Waals surface area contributed by atoms with E-state index in [2.05, 4.69) is 10.4 Å². The molecule has 0 saturated carbocycles. The molecule has 1 aliphatic rings. The van der Waals surface area contributed by atoms with Gasteiger partial charge in [0.1, 0.15) is 11.4 Å². The van der Waals surface area contributed by atoms with Crippen molar-refractivity contribution in [1.29, 1.82) is 0 Å². The van der Waals surface area contributed by atoms with Gasteiger partial charge in [0.25, 0.3) is 5.91 Å². The highest BCUT2D eigenvalue weighted by atomic mass is 16.5. The van der Waals surface area contributed by atoms with E-state index in [1.807, 2.05) is 84.9 Å². The van der Waals surface area contributed by atoms with Gasteiger partial charge in [-0.3, -0.25) is 10.2 Å². The van der Waals surface area contributed by atoms with Gasteiger partial charge >= 0.3 is 0 Å². The van der Waals surface area contributed by atoms with Gasteiger partial charge in [0.05, 0.1) is 13.7 Å². The SMILES string of the molecule is COc1ccc(C=C2N=C(c3ccccc3)NN(Cc3ccccc3)C2=O)cc1. The first kappa shape index (κ1) is 18.5. The summed E-state index contributed by atoms with van der Waals surface area (Å²) in [6, 6.07) is 27.2. The summed E-state index contributed by atoms with van der Waals surface area (Å²) in [5.74, 6) is 1.23.